The van der Waals surface area contributed by atoms with E-state index < -0.39 is 0 Å². The minimum Gasteiger partial charge on any atom is -0.450 e. The van der Waals surface area contributed by atoms with Crippen molar-refractivity contribution in [3.05, 3.63) is 46.5 Å². The van der Waals surface area contributed by atoms with Crippen LogP contribution in [-0.2, 0) is 28.8 Å². The monoisotopic (exact) mass is 315 g/mol. The highest BCUT2D eigenvalue weighted by molar-refractivity contribution is 5.91. The van der Waals surface area contributed by atoms with Crippen molar-refractivity contribution in [3.63, 3.8) is 0 Å². The van der Waals surface area contributed by atoms with Crippen LogP contribution in [-0.4, -0.2) is 36.5 Å². The third-order valence-corrected chi connectivity index (χ3v) is 3.93. The minimum absolute atomic E-state index is 0.131. The highest BCUT2D eigenvalue weighted by Crippen LogP contribution is 2.19. The summed E-state index contributed by atoms with van der Waals surface area (Å²) >= 11 is 0. The van der Waals surface area contributed by atoms with Gasteiger partial charge in [0.25, 0.3) is 0 Å². The van der Waals surface area contributed by atoms with Crippen molar-refractivity contribution in [2.24, 2.45) is 0 Å². The van der Waals surface area contributed by atoms with E-state index in [9.17, 15) is 9.59 Å². The number of hydrogen-bond donors (Lipinski definition) is 0. The standard InChI is InChI=1S/C19H25NO3/c1-4-23-19(22)20-9-7-16-6-5-15(12-17(16)8-10-20)13-18(21)11-14(2)3/h5-6,11-12H,4,7-10,13H2,1-3H3. The molecule has 2 rings (SSSR count). The smallest absolute Gasteiger partial charge is 0.409 e. The molecule has 0 radical (unpaired) electrons. The highest BCUT2D eigenvalue weighted by atomic mass is 16.6. The Morgan fingerprint density at radius 1 is 1.17 bits per heavy atom. The molecular weight excluding hydrogens is 290 g/mol. The molecule has 0 aliphatic carbocycles. The molecule has 4 heteroatoms. The summed E-state index contributed by atoms with van der Waals surface area (Å²) in [6.45, 7) is 7.43. The van der Waals surface area contributed by atoms with E-state index in [1.54, 1.807) is 11.0 Å². The van der Waals surface area contributed by atoms with Gasteiger partial charge in [-0.3, -0.25) is 4.79 Å². The molecule has 0 saturated heterocycles. The lowest BCUT2D eigenvalue weighted by atomic mass is 9.97. The van der Waals surface area contributed by atoms with Crippen molar-refractivity contribution in [2.45, 2.75) is 40.0 Å². The number of nitrogens with zero attached hydrogens (tertiary/aromatic N) is 1. The van der Waals surface area contributed by atoms with Gasteiger partial charge in [0.15, 0.2) is 5.78 Å². The maximum atomic E-state index is 11.9. The highest BCUT2D eigenvalue weighted by Gasteiger charge is 2.19. The van der Waals surface area contributed by atoms with Crippen molar-refractivity contribution in [1.29, 1.82) is 0 Å². The first-order valence-corrected chi connectivity index (χ1v) is 8.19. The largest absolute Gasteiger partial charge is 0.450 e. The Hall–Kier alpha value is -2.10. The molecule has 0 atom stereocenters. The summed E-state index contributed by atoms with van der Waals surface area (Å²) in [5.41, 5.74) is 4.56. The molecule has 1 aromatic rings. The van der Waals surface area contributed by atoms with Gasteiger partial charge in [0.2, 0.25) is 0 Å². The SMILES string of the molecule is CCOC(=O)N1CCc2ccc(CC(=O)C=C(C)C)cc2CC1. The number of carbonyl (C=O) groups is 2. The normalized spacial score (nSPS) is 13.8. The van der Waals surface area contributed by atoms with E-state index in [1.807, 2.05) is 26.8 Å². The first-order valence-electron chi connectivity index (χ1n) is 8.19. The molecule has 1 amide bonds. The average molecular weight is 315 g/mol. The third-order valence-electron chi connectivity index (χ3n) is 3.93. The molecule has 23 heavy (non-hydrogen) atoms. The van der Waals surface area contributed by atoms with E-state index in [2.05, 4.69) is 12.1 Å². The van der Waals surface area contributed by atoms with Crippen molar-refractivity contribution >= 4 is 11.9 Å². The Balaban J connectivity index is 2.06. The molecule has 0 fully saturated rings. The number of hydrogen-bond acceptors (Lipinski definition) is 3. The van der Waals surface area contributed by atoms with Crippen molar-refractivity contribution < 1.29 is 14.3 Å². The second-order valence-corrected chi connectivity index (χ2v) is 6.15. The van der Waals surface area contributed by atoms with Gasteiger partial charge in [-0.25, -0.2) is 4.79 Å². The summed E-state index contributed by atoms with van der Waals surface area (Å²) in [7, 11) is 0. The van der Waals surface area contributed by atoms with Gasteiger partial charge in [0, 0.05) is 19.5 Å². The van der Waals surface area contributed by atoms with Gasteiger partial charge < -0.3 is 9.64 Å². The van der Waals surface area contributed by atoms with Crippen molar-refractivity contribution in [1.82, 2.24) is 4.90 Å². The van der Waals surface area contributed by atoms with E-state index in [0.717, 1.165) is 24.0 Å². The molecule has 124 valence electrons. The van der Waals surface area contributed by atoms with Crippen LogP contribution in [0.15, 0.2) is 29.8 Å². The van der Waals surface area contributed by atoms with Gasteiger partial charge in [0.05, 0.1) is 6.61 Å². The summed E-state index contributed by atoms with van der Waals surface area (Å²) in [5.74, 6) is 0.131. The van der Waals surface area contributed by atoms with Gasteiger partial charge in [-0.2, -0.15) is 0 Å². The van der Waals surface area contributed by atoms with Crippen LogP contribution >= 0.6 is 0 Å². The van der Waals surface area contributed by atoms with E-state index >= 15 is 0 Å². The molecule has 0 saturated carbocycles. The second kappa shape index (κ2) is 7.95. The van der Waals surface area contributed by atoms with Gasteiger partial charge in [0.1, 0.15) is 0 Å². The molecule has 0 spiro atoms. The number of ether oxygens (including phenoxy) is 1. The second-order valence-electron chi connectivity index (χ2n) is 6.15. The number of fused-ring (bicyclic) bond motifs is 1. The van der Waals surface area contributed by atoms with Crippen LogP contribution in [0.3, 0.4) is 0 Å². The topological polar surface area (TPSA) is 46.6 Å². The Kier molecular flexibility index (Phi) is 5.97. The van der Waals surface area contributed by atoms with Gasteiger partial charge in [-0.1, -0.05) is 23.8 Å². The lowest BCUT2D eigenvalue weighted by Gasteiger charge is -2.18. The fraction of sp³-hybridized carbons (Fsp3) is 0.474. The zero-order valence-corrected chi connectivity index (χ0v) is 14.2. The molecule has 0 aromatic heterocycles. The van der Waals surface area contributed by atoms with Gasteiger partial charge >= 0.3 is 6.09 Å². The van der Waals surface area contributed by atoms with Gasteiger partial charge in [-0.15, -0.1) is 0 Å². The molecule has 0 unspecified atom stereocenters. The Bertz CT molecular complexity index is 615. The average Bonchev–Trinajstić information content (AvgIpc) is 2.68. The quantitative estimate of drug-likeness (QED) is 0.801. The van der Waals surface area contributed by atoms with Crippen LogP contribution in [0.1, 0.15) is 37.5 Å². The fourth-order valence-electron chi connectivity index (χ4n) is 2.86. The predicted molar refractivity (Wildman–Crippen MR) is 90.6 cm³/mol. The number of ketones is 1. The van der Waals surface area contributed by atoms with Crippen LogP contribution in [0.25, 0.3) is 0 Å². The predicted octanol–water partition coefficient (Wildman–Crippen LogP) is 3.32. The molecule has 1 aliphatic heterocycles. The number of allylic oxidation sites excluding steroid dienone is 2. The summed E-state index contributed by atoms with van der Waals surface area (Å²) < 4.78 is 5.08. The summed E-state index contributed by atoms with van der Waals surface area (Å²) in [5, 5.41) is 0. The van der Waals surface area contributed by atoms with Crippen LogP contribution < -0.4 is 0 Å². The van der Waals surface area contributed by atoms with E-state index in [1.165, 1.54) is 11.1 Å². The van der Waals surface area contributed by atoms with Crippen LogP contribution in [0.4, 0.5) is 4.79 Å². The molecule has 1 heterocycles. The maximum Gasteiger partial charge on any atom is 0.409 e. The van der Waals surface area contributed by atoms with E-state index in [4.69, 9.17) is 4.74 Å². The molecule has 0 N–H and O–H groups in total. The number of benzene rings is 1. The van der Waals surface area contributed by atoms with Crippen molar-refractivity contribution in [2.75, 3.05) is 19.7 Å². The summed E-state index contributed by atoms with van der Waals surface area (Å²) in [4.78, 5) is 25.6. The number of amides is 1. The Labute approximate surface area is 138 Å². The summed E-state index contributed by atoms with van der Waals surface area (Å²) in [6.07, 6.45) is 3.52. The van der Waals surface area contributed by atoms with E-state index in [-0.39, 0.29) is 11.9 Å². The Morgan fingerprint density at radius 3 is 2.52 bits per heavy atom. The molecular formula is C19H25NO3. The molecule has 1 aliphatic rings. The lowest BCUT2D eigenvalue weighted by molar-refractivity contribution is -0.114. The zero-order chi connectivity index (χ0) is 16.8. The molecule has 0 bridgehead atoms. The minimum atomic E-state index is -0.237. The number of carbonyl (C=O) groups excluding carboxylic acids is 2. The maximum absolute atomic E-state index is 11.9. The summed E-state index contributed by atoms with van der Waals surface area (Å²) in [6, 6.07) is 6.23. The molecule has 4 nitrogen and oxygen atoms in total. The first-order chi connectivity index (χ1) is 11.0. The zero-order valence-electron chi connectivity index (χ0n) is 14.2. The van der Waals surface area contributed by atoms with Gasteiger partial charge in [-0.05, 0) is 56.4 Å². The third kappa shape index (κ3) is 4.95. The van der Waals surface area contributed by atoms with E-state index in [0.29, 0.717) is 26.1 Å². The van der Waals surface area contributed by atoms with Crippen LogP contribution in [0.2, 0.25) is 0 Å². The molecule has 1 aromatic carbocycles. The first kappa shape index (κ1) is 17.3. The lowest BCUT2D eigenvalue weighted by Crippen LogP contribution is -2.33. The van der Waals surface area contributed by atoms with Crippen LogP contribution in [0, 0.1) is 0 Å². The van der Waals surface area contributed by atoms with Crippen LogP contribution in [0.5, 0.6) is 0 Å². The number of rotatable bonds is 4. The fourth-order valence-corrected chi connectivity index (χ4v) is 2.86. The van der Waals surface area contributed by atoms with Crippen molar-refractivity contribution in [3.8, 4) is 0 Å². The Morgan fingerprint density at radius 2 is 1.87 bits per heavy atom.